The number of rotatable bonds is 7. The van der Waals surface area contributed by atoms with E-state index in [0.717, 1.165) is 54.7 Å². The van der Waals surface area contributed by atoms with E-state index in [2.05, 4.69) is 46.4 Å². The molecule has 0 aliphatic heterocycles. The number of halogens is 1. The van der Waals surface area contributed by atoms with Crippen LogP contribution in [-0.4, -0.2) is 35.6 Å². The maximum Gasteiger partial charge on any atom is 0.191 e. The van der Waals surface area contributed by atoms with Crippen LogP contribution in [0.5, 0.6) is 0 Å². The lowest BCUT2D eigenvalue weighted by Crippen LogP contribution is -2.38. The zero-order valence-corrected chi connectivity index (χ0v) is 16.0. The van der Waals surface area contributed by atoms with Crippen LogP contribution in [0.4, 0.5) is 0 Å². The molecular weight excluding hydrogens is 342 g/mol. The number of guanidine groups is 1. The molecule has 0 bridgehead atoms. The van der Waals surface area contributed by atoms with Crippen LogP contribution in [0.3, 0.4) is 0 Å². The molecule has 0 atom stereocenters. The van der Waals surface area contributed by atoms with Gasteiger partial charge in [-0.3, -0.25) is 4.99 Å². The van der Waals surface area contributed by atoms with E-state index in [0.29, 0.717) is 5.15 Å². The number of aromatic nitrogens is 2. The van der Waals surface area contributed by atoms with Crippen LogP contribution >= 0.6 is 22.9 Å². The molecule has 0 amide bonds. The molecule has 0 fully saturated rings. The molecule has 2 N–H and O–H groups in total. The molecule has 2 aromatic heterocycles. The normalized spacial score (nSPS) is 11.6. The molecule has 0 spiro atoms. The minimum atomic E-state index is 0.522. The molecule has 0 saturated heterocycles. The quantitative estimate of drug-likeness (QED) is 0.449. The van der Waals surface area contributed by atoms with Gasteiger partial charge in [0.2, 0.25) is 0 Å². The van der Waals surface area contributed by atoms with Crippen molar-refractivity contribution in [1.29, 1.82) is 0 Å². The van der Waals surface area contributed by atoms with Crippen molar-refractivity contribution in [2.45, 2.75) is 33.6 Å². The molecular formula is C17H24ClN5S. The number of hydrogen-bond donors (Lipinski definition) is 2. The van der Waals surface area contributed by atoms with Crippen LogP contribution in [0, 0.1) is 13.8 Å². The van der Waals surface area contributed by atoms with E-state index in [4.69, 9.17) is 11.6 Å². The van der Waals surface area contributed by atoms with Gasteiger partial charge in [-0.05, 0) is 38.8 Å². The Bertz CT molecular complexity index is 647. The van der Waals surface area contributed by atoms with Gasteiger partial charge in [-0.25, -0.2) is 9.97 Å². The van der Waals surface area contributed by atoms with Crippen LogP contribution in [0.2, 0.25) is 5.15 Å². The molecule has 2 heterocycles. The Hall–Kier alpha value is -1.66. The Morgan fingerprint density at radius 3 is 2.71 bits per heavy atom. The summed E-state index contributed by atoms with van der Waals surface area (Å²) in [7, 11) is 0. The first kappa shape index (κ1) is 18.7. The van der Waals surface area contributed by atoms with Gasteiger partial charge in [0.05, 0.1) is 10.7 Å². The summed E-state index contributed by atoms with van der Waals surface area (Å²) in [6, 6.07) is 3.81. The molecule has 0 aromatic carbocycles. The van der Waals surface area contributed by atoms with Gasteiger partial charge in [-0.1, -0.05) is 17.7 Å². The summed E-state index contributed by atoms with van der Waals surface area (Å²) in [6.45, 7) is 8.58. The number of nitrogens with zero attached hydrogens (tertiary/aromatic N) is 3. The summed E-state index contributed by atoms with van der Waals surface area (Å²) in [6.07, 6.45) is 3.55. The first-order valence-electron chi connectivity index (χ1n) is 8.14. The van der Waals surface area contributed by atoms with Crippen LogP contribution in [0.25, 0.3) is 0 Å². The van der Waals surface area contributed by atoms with Crippen LogP contribution in [-0.2, 0) is 12.8 Å². The lowest BCUT2D eigenvalue weighted by Gasteiger charge is -2.11. The SMILES string of the molecule is CCNC(=NCCc1nc(C)c(C)s1)NCCc1ccc(Cl)nc1. The maximum atomic E-state index is 5.80. The molecule has 2 aromatic rings. The van der Waals surface area contributed by atoms with Gasteiger partial charge >= 0.3 is 0 Å². The smallest absolute Gasteiger partial charge is 0.191 e. The number of thiazole rings is 1. The van der Waals surface area contributed by atoms with E-state index >= 15 is 0 Å². The maximum absolute atomic E-state index is 5.80. The van der Waals surface area contributed by atoms with Gasteiger partial charge < -0.3 is 10.6 Å². The highest BCUT2D eigenvalue weighted by Crippen LogP contribution is 2.16. The van der Waals surface area contributed by atoms with Gasteiger partial charge in [0.1, 0.15) is 5.15 Å². The number of aryl methyl sites for hydroxylation is 2. The largest absolute Gasteiger partial charge is 0.357 e. The standard InChI is InChI=1S/C17H24ClN5S/c1-4-19-17(20-9-7-14-5-6-15(18)22-11-14)21-10-8-16-23-12(2)13(3)24-16/h5-6,11H,4,7-10H2,1-3H3,(H2,19,20,21). The third-order valence-corrected chi connectivity index (χ3v) is 4.86. The molecule has 0 radical (unpaired) electrons. The third kappa shape index (κ3) is 6.09. The number of nitrogens with one attached hydrogen (secondary N) is 2. The fraction of sp³-hybridized carbons (Fsp3) is 0.471. The zero-order valence-electron chi connectivity index (χ0n) is 14.4. The van der Waals surface area contributed by atoms with Crippen molar-refractivity contribution in [1.82, 2.24) is 20.6 Å². The number of hydrogen-bond acceptors (Lipinski definition) is 4. The van der Waals surface area contributed by atoms with Gasteiger partial charge in [0.15, 0.2) is 5.96 Å². The first-order valence-corrected chi connectivity index (χ1v) is 9.33. The Balaban J connectivity index is 1.80. The number of aliphatic imine (C=N–C) groups is 1. The van der Waals surface area contributed by atoms with Crippen LogP contribution in [0.15, 0.2) is 23.3 Å². The molecule has 2 rings (SSSR count). The molecule has 24 heavy (non-hydrogen) atoms. The Morgan fingerprint density at radius 2 is 2.08 bits per heavy atom. The highest BCUT2D eigenvalue weighted by atomic mass is 35.5. The van der Waals surface area contributed by atoms with Crippen LogP contribution in [0.1, 0.15) is 28.1 Å². The van der Waals surface area contributed by atoms with E-state index in [9.17, 15) is 0 Å². The average molecular weight is 366 g/mol. The molecule has 0 aliphatic rings. The molecule has 5 nitrogen and oxygen atoms in total. The number of pyridine rings is 1. The lowest BCUT2D eigenvalue weighted by atomic mass is 10.2. The van der Waals surface area contributed by atoms with Crippen molar-refractivity contribution >= 4 is 28.9 Å². The minimum Gasteiger partial charge on any atom is -0.357 e. The van der Waals surface area contributed by atoms with Crippen molar-refractivity contribution in [3.8, 4) is 0 Å². The highest BCUT2D eigenvalue weighted by Gasteiger charge is 2.03. The van der Waals surface area contributed by atoms with Crippen molar-refractivity contribution in [2.75, 3.05) is 19.6 Å². The highest BCUT2D eigenvalue weighted by molar-refractivity contribution is 7.11. The van der Waals surface area contributed by atoms with Gasteiger partial charge in [-0.2, -0.15) is 0 Å². The van der Waals surface area contributed by atoms with E-state index in [1.165, 1.54) is 4.88 Å². The van der Waals surface area contributed by atoms with Crippen molar-refractivity contribution < 1.29 is 0 Å². The second-order valence-electron chi connectivity index (χ2n) is 5.43. The van der Waals surface area contributed by atoms with Crippen molar-refractivity contribution in [3.05, 3.63) is 44.6 Å². The minimum absolute atomic E-state index is 0.522. The summed E-state index contributed by atoms with van der Waals surface area (Å²) in [5, 5.41) is 8.29. The topological polar surface area (TPSA) is 62.2 Å². The lowest BCUT2D eigenvalue weighted by molar-refractivity contribution is 0.794. The molecule has 0 unspecified atom stereocenters. The summed E-state index contributed by atoms with van der Waals surface area (Å²) in [5.74, 6) is 0.837. The van der Waals surface area contributed by atoms with Crippen LogP contribution < -0.4 is 10.6 Å². The van der Waals surface area contributed by atoms with Crippen molar-refractivity contribution in [3.63, 3.8) is 0 Å². The molecule has 0 saturated carbocycles. The summed E-state index contributed by atoms with van der Waals surface area (Å²) in [4.78, 5) is 14.5. The van der Waals surface area contributed by atoms with E-state index < -0.39 is 0 Å². The van der Waals surface area contributed by atoms with E-state index in [1.807, 2.05) is 12.1 Å². The van der Waals surface area contributed by atoms with Gasteiger partial charge in [0, 0.05) is 37.1 Å². The Labute approximate surface area is 152 Å². The van der Waals surface area contributed by atoms with E-state index in [1.54, 1.807) is 17.5 Å². The predicted molar refractivity (Wildman–Crippen MR) is 102 cm³/mol. The Morgan fingerprint density at radius 1 is 1.25 bits per heavy atom. The molecule has 7 heteroatoms. The molecule has 130 valence electrons. The average Bonchev–Trinajstić information content (AvgIpc) is 2.87. The summed E-state index contributed by atoms with van der Waals surface area (Å²) < 4.78 is 0. The monoisotopic (exact) mass is 365 g/mol. The second kappa shape index (κ2) is 9.59. The predicted octanol–water partition coefficient (Wildman–Crippen LogP) is 3.15. The summed E-state index contributed by atoms with van der Waals surface area (Å²) >= 11 is 7.55. The summed E-state index contributed by atoms with van der Waals surface area (Å²) in [5.41, 5.74) is 2.28. The second-order valence-corrected chi connectivity index (χ2v) is 7.10. The zero-order chi connectivity index (χ0) is 17.4. The van der Waals surface area contributed by atoms with Gasteiger partial charge in [0.25, 0.3) is 0 Å². The third-order valence-electron chi connectivity index (χ3n) is 3.51. The van der Waals surface area contributed by atoms with Crippen molar-refractivity contribution in [2.24, 2.45) is 4.99 Å². The van der Waals surface area contributed by atoms with Gasteiger partial charge in [-0.15, -0.1) is 11.3 Å². The molecule has 0 aliphatic carbocycles. The fourth-order valence-electron chi connectivity index (χ4n) is 2.13. The first-order chi connectivity index (χ1) is 11.6. The van der Waals surface area contributed by atoms with E-state index in [-0.39, 0.29) is 0 Å². The Kier molecular flexibility index (Phi) is 7.46. The fourth-order valence-corrected chi connectivity index (χ4v) is 3.17.